The Balaban J connectivity index is 3.53. The maximum absolute atomic E-state index is 9.73. The molecular weight excluding hydrogens is 268 g/mol. The third-order valence-corrected chi connectivity index (χ3v) is 5.15. The van der Waals surface area contributed by atoms with Crippen LogP contribution >= 0.6 is 0 Å². The van der Waals surface area contributed by atoms with Gasteiger partial charge in [0.25, 0.3) is 0 Å². The zero-order chi connectivity index (χ0) is 16.5. The van der Waals surface area contributed by atoms with Crippen LogP contribution in [0.5, 0.6) is 0 Å². The first-order chi connectivity index (χ1) is 10.7. The van der Waals surface area contributed by atoms with Crippen molar-refractivity contribution in [2.24, 2.45) is 5.41 Å². The fourth-order valence-corrected chi connectivity index (χ4v) is 3.30. The van der Waals surface area contributed by atoms with Crippen molar-refractivity contribution < 1.29 is 5.11 Å². The Morgan fingerprint density at radius 1 is 0.545 bits per heavy atom. The van der Waals surface area contributed by atoms with Crippen LogP contribution in [-0.2, 0) is 0 Å². The largest absolute Gasteiger partial charge is 0.396 e. The predicted octanol–water partition coefficient (Wildman–Crippen LogP) is 7.27. The van der Waals surface area contributed by atoms with Gasteiger partial charge in [-0.15, -0.1) is 0 Å². The summed E-state index contributed by atoms with van der Waals surface area (Å²) in [7, 11) is 0. The molecule has 1 nitrogen and oxygen atoms in total. The lowest BCUT2D eigenvalue weighted by Gasteiger charge is -2.27. The number of rotatable bonds is 17. The van der Waals surface area contributed by atoms with Crippen molar-refractivity contribution in [1.29, 1.82) is 0 Å². The number of aliphatic hydroxyl groups is 1. The predicted molar refractivity (Wildman–Crippen MR) is 100 cm³/mol. The molecule has 0 aliphatic rings. The van der Waals surface area contributed by atoms with Gasteiger partial charge in [-0.2, -0.15) is 0 Å². The smallest absolute Gasteiger partial charge is 0.0484 e. The van der Waals surface area contributed by atoms with Gasteiger partial charge in [0, 0.05) is 6.61 Å². The van der Waals surface area contributed by atoms with E-state index in [1.165, 1.54) is 103 Å². The summed E-state index contributed by atoms with van der Waals surface area (Å²) in [6, 6.07) is 0. The van der Waals surface area contributed by atoms with Crippen LogP contribution in [0.1, 0.15) is 124 Å². The van der Waals surface area contributed by atoms with E-state index in [4.69, 9.17) is 0 Å². The standard InChI is InChI=1S/C21H44O/c1-4-6-8-10-12-13-15-17-19-21(3,20-22)18-16-14-11-9-7-5-2/h22H,4-20H2,1-3H3. The normalized spacial score (nSPS) is 14.2. The summed E-state index contributed by atoms with van der Waals surface area (Å²) in [5, 5.41) is 9.73. The molecule has 0 amide bonds. The molecule has 0 aliphatic carbocycles. The minimum Gasteiger partial charge on any atom is -0.396 e. The van der Waals surface area contributed by atoms with Crippen molar-refractivity contribution in [2.45, 2.75) is 124 Å². The molecule has 0 spiro atoms. The number of unbranched alkanes of at least 4 members (excludes halogenated alkanes) is 12. The molecule has 1 atom stereocenters. The summed E-state index contributed by atoms with van der Waals surface area (Å²) >= 11 is 0. The van der Waals surface area contributed by atoms with E-state index in [2.05, 4.69) is 20.8 Å². The first kappa shape index (κ1) is 22.0. The molecule has 134 valence electrons. The molecule has 1 heteroatoms. The first-order valence-electron chi connectivity index (χ1n) is 10.3. The summed E-state index contributed by atoms with van der Waals surface area (Å²) in [6.07, 6.45) is 21.6. The summed E-state index contributed by atoms with van der Waals surface area (Å²) in [5.41, 5.74) is 0.187. The minimum absolute atomic E-state index is 0.187. The minimum atomic E-state index is 0.187. The zero-order valence-corrected chi connectivity index (χ0v) is 16.0. The van der Waals surface area contributed by atoms with E-state index in [1.54, 1.807) is 0 Å². The van der Waals surface area contributed by atoms with Crippen molar-refractivity contribution in [1.82, 2.24) is 0 Å². The lowest BCUT2D eigenvalue weighted by Crippen LogP contribution is -2.21. The fourth-order valence-electron chi connectivity index (χ4n) is 3.30. The van der Waals surface area contributed by atoms with E-state index in [9.17, 15) is 5.11 Å². The van der Waals surface area contributed by atoms with E-state index in [0.717, 1.165) is 0 Å². The van der Waals surface area contributed by atoms with E-state index in [-0.39, 0.29) is 5.41 Å². The second-order valence-electron chi connectivity index (χ2n) is 7.71. The molecule has 0 saturated heterocycles. The maximum Gasteiger partial charge on any atom is 0.0484 e. The Morgan fingerprint density at radius 2 is 0.864 bits per heavy atom. The van der Waals surface area contributed by atoms with Crippen LogP contribution in [0, 0.1) is 5.41 Å². The van der Waals surface area contributed by atoms with Crippen LogP contribution in [0.25, 0.3) is 0 Å². The van der Waals surface area contributed by atoms with Crippen LogP contribution < -0.4 is 0 Å². The van der Waals surface area contributed by atoms with Gasteiger partial charge in [-0.1, -0.05) is 111 Å². The number of aliphatic hydroxyl groups excluding tert-OH is 1. The highest BCUT2D eigenvalue weighted by Crippen LogP contribution is 2.30. The summed E-state index contributed by atoms with van der Waals surface area (Å²) in [6.45, 7) is 7.21. The second-order valence-corrected chi connectivity index (χ2v) is 7.71. The quantitative estimate of drug-likeness (QED) is 0.280. The Hall–Kier alpha value is -0.0400. The Labute approximate surface area is 141 Å². The van der Waals surface area contributed by atoms with Crippen LogP contribution in [0.2, 0.25) is 0 Å². The molecule has 0 rings (SSSR count). The molecule has 22 heavy (non-hydrogen) atoms. The molecule has 0 bridgehead atoms. The molecule has 0 aromatic heterocycles. The third-order valence-electron chi connectivity index (χ3n) is 5.15. The summed E-state index contributed by atoms with van der Waals surface area (Å²) in [4.78, 5) is 0. The molecule has 0 fully saturated rings. The van der Waals surface area contributed by atoms with Crippen LogP contribution in [0.15, 0.2) is 0 Å². The zero-order valence-electron chi connectivity index (χ0n) is 16.0. The molecule has 0 aromatic rings. The average Bonchev–Trinajstić information content (AvgIpc) is 2.53. The van der Waals surface area contributed by atoms with Gasteiger partial charge in [-0.25, -0.2) is 0 Å². The first-order valence-corrected chi connectivity index (χ1v) is 10.3. The van der Waals surface area contributed by atoms with Gasteiger partial charge >= 0.3 is 0 Å². The Morgan fingerprint density at radius 3 is 1.18 bits per heavy atom. The topological polar surface area (TPSA) is 20.2 Å². The van der Waals surface area contributed by atoms with Crippen LogP contribution in [0.3, 0.4) is 0 Å². The molecule has 0 heterocycles. The van der Waals surface area contributed by atoms with Crippen molar-refractivity contribution in [2.75, 3.05) is 6.61 Å². The summed E-state index contributed by atoms with van der Waals surface area (Å²) in [5.74, 6) is 0. The Kier molecular flexibility index (Phi) is 15.8. The van der Waals surface area contributed by atoms with E-state index >= 15 is 0 Å². The number of hydrogen-bond acceptors (Lipinski definition) is 1. The van der Waals surface area contributed by atoms with Gasteiger partial charge in [-0.05, 0) is 18.3 Å². The molecule has 0 saturated carbocycles. The molecule has 0 aliphatic heterocycles. The molecule has 0 radical (unpaired) electrons. The fraction of sp³-hybridized carbons (Fsp3) is 1.00. The maximum atomic E-state index is 9.73. The van der Waals surface area contributed by atoms with Crippen LogP contribution in [-0.4, -0.2) is 11.7 Å². The lowest BCUT2D eigenvalue weighted by molar-refractivity contribution is 0.116. The van der Waals surface area contributed by atoms with Gasteiger partial charge in [0.2, 0.25) is 0 Å². The van der Waals surface area contributed by atoms with Gasteiger partial charge in [-0.3, -0.25) is 0 Å². The molecule has 0 aromatic carbocycles. The molecular formula is C21H44O. The van der Waals surface area contributed by atoms with Crippen molar-refractivity contribution in [3.8, 4) is 0 Å². The highest BCUT2D eigenvalue weighted by molar-refractivity contribution is 4.73. The number of hydrogen-bond donors (Lipinski definition) is 1. The SMILES string of the molecule is CCCCCCCCCCC(C)(CO)CCCCCCCC. The monoisotopic (exact) mass is 312 g/mol. The lowest BCUT2D eigenvalue weighted by atomic mass is 9.80. The van der Waals surface area contributed by atoms with E-state index in [1.807, 2.05) is 0 Å². The highest BCUT2D eigenvalue weighted by atomic mass is 16.3. The molecule has 1 unspecified atom stereocenters. The van der Waals surface area contributed by atoms with Crippen molar-refractivity contribution in [3.05, 3.63) is 0 Å². The average molecular weight is 313 g/mol. The van der Waals surface area contributed by atoms with Gasteiger partial charge < -0.3 is 5.11 Å². The van der Waals surface area contributed by atoms with Crippen molar-refractivity contribution >= 4 is 0 Å². The second kappa shape index (κ2) is 15.8. The summed E-state index contributed by atoms with van der Waals surface area (Å²) < 4.78 is 0. The van der Waals surface area contributed by atoms with Gasteiger partial charge in [0.15, 0.2) is 0 Å². The van der Waals surface area contributed by atoms with E-state index in [0.29, 0.717) is 6.61 Å². The van der Waals surface area contributed by atoms with Crippen molar-refractivity contribution in [3.63, 3.8) is 0 Å². The van der Waals surface area contributed by atoms with Gasteiger partial charge in [0.05, 0.1) is 0 Å². The Bertz CT molecular complexity index is 214. The molecule has 1 N–H and O–H groups in total. The highest BCUT2D eigenvalue weighted by Gasteiger charge is 2.21. The van der Waals surface area contributed by atoms with Crippen LogP contribution in [0.4, 0.5) is 0 Å². The third kappa shape index (κ3) is 13.6. The van der Waals surface area contributed by atoms with E-state index < -0.39 is 0 Å². The van der Waals surface area contributed by atoms with Gasteiger partial charge in [0.1, 0.15) is 0 Å².